The zero-order chi connectivity index (χ0) is 16.0. The molecule has 0 saturated heterocycles. The summed E-state index contributed by atoms with van der Waals surface area (Å²) < 4.78 is 37.1. The van der Waals surface area contributed by atoms with E-state index < -0.39 is 22.0 Å². The van der Waals surface area contributed by atoms with Gasteiger partial charge in [0, 0.05) is 18.2 Å². The largest absolute Gasteiger partial charge is 0.495 e. The van der Waals surface area contributed by atoms with Gasteiger partial charge < -0.3 is 14.6 Å². The molecule has 0 aliphatic heterocycles. The highest BCUT2D eigenvalue weighted by molar-refractivity contribution is 9.10. The third-order valence-corrected chi connectivity index (χ3v) is 4.61. The first kappa shape index (κ1) is 17.9. The molecule has 0 aliphatic rings. The monoisotopic (exact) mass is 381 g/mol. The quantitative estimate of drug-likeness (QED) is 0.701. The summed E-state index contributed by atoms with van der Waals surface area (Å²) in [4.78, 5) is 11.0. The molecule has 0 aromatic heterocycles. The van der Waals surface area contributed by atoms with E-state index in [0.29, 0.717) is 4.47 Å². The van der Waals surface area contributed by atoms with Crippen LogP contribution in [0.1, 0.15) is 6.42 Å². The summed E-state index contributed by atoms with van der Waals surface area (Å²) in [6, 6.07) is 3.16. The van der Waals surface area contributed by atoms with E-state index in [1.54, 1.807) is 6.07 Å². The second kappa shape index (κ2) is 7.74. The average Bonchev–Trinajstić information content (AvgIpc) is 2.43. The van der Waals surface area contributed by atoms with Crippen LogP contribution in [0.4, 0.5) is 0 Å². The van der Waals surface area contributed by atoms with Gasteiger partial charge in [0.15, 0.2) is 0 Å². The molecule has 21 heavy (non-hydrogen) atoms. The number of carboxylic acid groups (broad SMARTS) is 1. The van der Waals surface area contributed by atoms with Crippen molar-refractivity contribution in [3.63, 3.8) is 0 Å². The molecule has 118 valence electrons. The third kappa shape index (κ3) is 4.95. The van der Waals surface area contributed by atoms with Crippen molar-refractivity contribution in [2.24, 2.45) is 0 Å². The topological polar surface area (TPSA) is 102 Å². The maximum absolute atomic E-state index is 12.3. The van der Waals surface area contributed by atoms with Crippen LogP contribution in [0.5, 0.6) is 5.75 Å². The summed E-state index contributed by atoms with van der Waals surface area (Å²) in [7, 11) is -1.30. The molecule has 1 aromatic rings. The van der Waals surface area contributed by atoms with E-state index in [4.69, 9.17) is 14.6 Å². The molecule has 1 atom stereocenters. The molecule has 9 heteroatoms. The standard InChI is InChI=1S/C12H16BrNO6S/c1-19-6-5-9(12(15)16)14-21(17,18)11-7-8(13)3-4-10(11)20-2/h3-4,7,9,14H,5-6H2,1-2H3,(H,15,16). The number of carboxylic acids is 1. The Bertz CT molecular complexity index is 604. The van der Waals surface area contributed by atoms with Crippen molar-refractivity contribution in [2.45, 2.75) is 17.4 Å². The minimum atomic E-state index is -4.04. The summed E-state index contributed by atoms with van der Waals surface area (Å²) in [5, 5.41) is 9.07. The number of carbonyl (C=O) groups is 1. The first-order valence-corrected chi connectivity index (χ1v) is 8.17. The van der Waals surface area contributed by atoms with E-state index in [9.17, 15) is 13.2 Å². The minimum Gasteiger partial charge on any atom is -0.495 e. The first-order chi connectivity index (χ1) is 9.81. The van der Waals surface area contributed by atoms with Gasteiger partial charge in [-0.1, -0.05) is 15.9 Å². The highest BCUT2D eigenvalue weighted by atomic mass is 79.9. The van der Waals surface area contributed by atoms with Crippen molar-refractivity contribution in [2.75, 3.05) is 20.8 Å². The molecule has 0 fully saturated rings. The van der Waals surface area contributed by atoms with Crippen molar-refractivity contribution < 1.29 is 27.8 Å². The van der Waals surface area contributed by atoms with Crippen molar-refractivity contribution >= 4 is 31.9 Å². The number of nitrogens with one attached hydrogen (secondary N) is 1. The molecule has 7 nitrogen and oxygen atoms in total. The predicted octanol–water partition coefficient (Wildman–Crippen LogP) is 1.23. The summed E-state index contributed by atoms with van der Waals surface area (Å²) in [6.45, 7) is 0.120. The predicted molar refractivity (Wildman–Crippen MR) is 78.9 cm³/mol. The van der Waals surface area contributed by atoms with Crippen molar-refractivity contribution in [1.82, 2.24) is 4.72 Å². The molecule has 0 amide bonds. The van der Waals surface area contributed by atoms with Crippen molar-refractivity contribution in [3.05, 3.63) is 22.7 Å². The molecule has 0 radical (unpaired) electrons. The smallest absolute Gasteiger partial charge is 0.321 e. The molecular formula is C12H16BrNO6S. The van der Waals surface area contributed by atoms with Gasteiger partial charge >= 0.3 is 5.97 Å². The number of rotatable bonds is 8. The Morgan fingerprint density at radius 1 is 1.43 bits per heavy atom. The van der Waals surface area contributed by atoms with Crippen LogP contribution in [0, 0.1) is 0 Å². The van der Waals surface area contributed by atoms with E-state index >= 15 is 0 Å². The van der Waals surface area contributed by atoms with Crippen molar-refractivity contribution in [1.29, 1.82) is 0 Å². The van der Waals surface area contributed by atoms with E-state index in [1.165, 1.54) is 26.4 Å². The lowest BCUT2D eigenvalue weighted by molar-refractivity contribution is -0.139. The van der Waals surface area contributed by atoms with Gasteiger partial charge in [0.25, 0.3) is 0 Å². The van der Waals surface area contributed by atoms with Crippen LogP contribution in [0.15, 0.2) is 27.6 Å². The molecule has 2 N–H and O–H groups in total. The van der Waals surface area contributed by atoms with Crippen LogP contribution in [-0.2, 0) is 19.6 Å². The number of methoxy groups -OCH3 is 2. The normalized spacial score (nSPS) is 12.9. The summed E-state index contributed by atoms with van der Waals surface area (Å²) >= 11 is 3.17. The third-order valence-electron chi connectivity index (χ3n) is 2.62. The highest BCUT2D eigenvalue weighted by Crippen LogP contribution is 2.27. The van der Waals surface area contributed by atoms with E-state index in [-0.39, 0.29) is 23.7 Å². The van der Waals surface area contributed by atoms with Gasteiger partial charge in [0.05, 0.1) is 7.11 Å². The molecule has 0 bridgehead atoms. The number of halogens is 1. The van der Waals surface area contributed by atoms with Gasteiger partial charge in [0.2, 0.25) is 10.0 Å². The number of benzene rings is 1. The Kier molecular flexibility index (Phi) is 6.59. The van der Waals surface area contributed by atoms with Crippen LogP contribution >= 0.6 is 15.9 Å². The zero-order valence-corrected chi connectivity index (χ0v) is 13.9. The van der Waals surface area contributed by atoms with Crippen LogP contribution < -0.4 is 9.46 Å². The van der Waals surface area contributed by atoms with Gasteiger partial charge in [-0.25, -0.2) is 8.42 Å². The molecule has 1 unspecified atom stereocenters. The average molecular weight is 382 g/mol. The molecule has 1 rings (SSSR count). The molecule has 0 aliphatic carbocycles. The lowest BCUT2D eigenvalue weighted by Crippen LogP contribution is -2.41. The van der Waals surface area contributed by atoms with E-state index in [1.807, 2.05) is 0 Å². The Morgan fingerprint density at radius 3 is 2.62 bits per heavy atom. The Balaban J connectivity index is 3.09. The lowest BCUT2D eigenvalue weighted by atomic mass is 10.2. The fraction of sp³-hybridized carbons (Fsp3) is 0.417. The number of ether oxygens (including phenoxy) is 2. The van der Waals surface area contributed by atoms with Crippen LogP contribution in [-0.4, -0.2) is 46.4 Å². The zero-order valence-electron chi connectivity index (χ0n) is 11.5. The summed E-state index contributed by atoms with van der Waals surface area (Å²) in [5.41, 5.74) is 0. The fourth-order valence-electron chi connectivity index (χ4n) is 1.58. The molecule has 1 aromatic carbocycles. The van der Waals surface area contributed by atoms with Gasteiger partial charge in [-0.05, 0) is 24.6 Å². The summed E-state index contributed by atoms with van der Waals surface area (Å²) in [6.07, 6.45) is 0.0153. The molecular weight excluding hydrogens is 366 g/mol. The molecule has 0 saturated carbocycles. The van der Waals surface area contributed by atoms with E-state index in [2.05, 4.69) is 20.7 Å². The fourth-order valence-corrected chi connectivity index (χ4v) is 3.51. The minimum absolute atomic E-state index is 0.0153. The van der Waals surface area contributed by atoms with Crippen LogP contribution in [0.25, 0.3) is 0 Å². The number of hydrogen-bond acceptors (Lipinski definition) is 5. The van der Waals surface area contributed by atoms with Gasteiger partial charge in [0.1, 0.15) is 16.7 Å². The number of hydrogen-bond donors (Lipinski definition) is 2. The lowest BCUT2D eigenvalue weighted by Gasteiger charge is -2.16. The summed E-state index contributed by atoms with van der Waals surface area (Å²) in [5.74, 6) is -1.15. The second-order valence-electron chi connectivity index (χ2n) is 4.09. The molecule has 0 heterocycles. The van der Waals surface area contributed by atoms with Crippen LogP contribution in [0.3, 0.4) is 0 Å². The van der Waals surface area contributed by atoms with Gasteiger partial charge in [-0.2, -0.15) is 4.72 Å². The van der Waals surface area contributed by atoms with Gasteiger partial charge in [-0.3, -0.25) is 4.79 Å². The van der Waals surface area contributed by atoms with Gasteiger partial charge in [-0.15, -0.1) is 0 Å². The second-order valence-corrected chi connectivity index (χ2v) is 6.69. The van der Waals surface area contributed by atoms with Crippen molar-refractivity contribution in [3.8, 4) is 5.75 Å². The first-order valence-electron chi connectivity index (χ1n) is 5.89. The van der Waals surface area contributed by atoms with E-state index in [0.717, 1.165) is 0 Å². The maximum atomic E-state index is 12.3. The Morgan fingerprint density at radius 2 is 2.10 bits per heavy atom. The SMILES string of the molecule is COCCC(NS(=O)(=O)c1cc(Br)ccc1OC)C(=O)O. The molecule has 0 spiro atoms. The Hall–Kier alpha value is -1.16. The number of sulfonamides is 1. The maximum Gasteiger partial charge on any atom is 0.321 e. The van der Waals surface area contributed by atoms with Crippen LogP contribution in [0.2, 0.25) is 0 Å². The number of aliphatic carboxylic acids is 1. The highest BCUT2D eigenvalue weighted by Gasteiger charge is 2.27. The Labute approximate surface area is 131 Å².